The molecule has 0 spiro atoms. The standard InChI is InChI=1S/C28H31NO3/c1-32-28(31)23-15-13-20(14-16-23)17-21(19-29-24-9-3-4-10-24)18-27(30)26-12-6-8-22-7-2-5-11-25(22)26/h2,5-8,11-17,24,27,29-30H,3-4,9-10,18-19H2,1H3. The van der Waals surface area contributed by atoms with E-state index >= 15 is 0 Å². The summed E-state index contributed by atoms with van der Waals surface area (Å²) in [5, 5.41) is 17.1. The Morgan fingerprint density at radius 3 is 2.53 bits per heavy atom. The first-order valence-corrected chi connectivity index (χ1v) is 11.4. The van der Waals surface area contributed by atoms with E-state index in [-0.39, 0.29) is 5.97 Å². The molecule has 166 valence electrons. The van der Waals surface area contributed by atoms with Crippen LogP contribution in [0.3, 0.4) is 0 Å². The Morgan fingerprint density at radius 1 is 1.06 bits per heavy atom. The van der Waals surface area contributed by atoms with Crippen LogP contribution in [0, 0.1) is 0 Å². The normalized spacial score (nSPS) is 15.8. The smallest absolute Gasteiger partial charge is 0.337 e. The molecule has 3 aromatic carbocycles. The van der Waals surface area contributed by atoms with Crippen molar-refractivity contribution in [2.75, 3.05) is 13.7 Å². The molecule has 3 aromatic rings. The number of nitrogens with one attached hydrogen (secondary N) is 1. The number of methoxy groups -OCH3 is 1. The lowest BCUT2D eigenvalue weighted by Gasteiger charge is -2.19. The molecule has 0 aliphatic heterocycles. The lowest BCUT2D eigenvalue weighted by atomic mass is 9.95. The van der Waals surface area contributed by atoms with Gasteiger partial charge in [-0.1, -0.05) is 79.1 Å². The van der Waals surface area contributed by atoms with Gasteiger partial charge in [0, 0.05) is 19.0 Å². The number of ether oxygens (including phenoxy) is 1. The number of esters is 1. The van der Waals surface area contributed by atoms with Gasteiger partial charge in [-0.2, -0.15) is 0 Å². The second kappa shape index (κ2) is 10.6. The average Bonchev–Trinajstić information content (AvgIpc) is 3.36. The number of aliphatic hydroxyl groups excluding tert-OH is 1. The molecular weight excluding hydrogens is 398 g/mol. The van der Waals surface area contributed by atoms with E-state index in [1.165, 1.54) is 32.8 Å². The Kier molecular flexibility index (Phi) is 7.35. The summed E-state index contributed by atoms with van der Waals surface area (Å²) < 4.78 is 4.79. The maximum Gasteiger partial charge on any atom is 0.337 e. The number of aliphatic hydroxyl groups is 1. The van der Waals surface area contributed by atoms with E-state index in [1.54, 1.807) is 12.1 Å². The molecule has 2 N–H and O–H groups in total. The molecule has 1 aliphatic rings. The van der Waals surface area contributed by atoms with Gasteiger partial charge in [0.15, 0.2) is 0 Å². The van der Waals surface area contributed by atoms with Crippen molar-refractivity contribution in [3.63, 3.8) is 0 Å². The number of fused-ring (bicyclic) bond motifs is 1. The molecule has 0 bridgehead atoms. The lowest BCUT2D eigenvalue weighted by molar-refractivity contribution is 0.0600. The molecule has 0 saturated heterocycles. The van der Waals surface area contributed by atoms with Crippen molar-refractivity contribution in [3.05, 3.63) is 89.0 Å². The number of hydrogen-bond donors (Lipinski definition) is 2. The van der Waals surface area contributed by atoms with Gasteiger partial charge in [0.25, 0.3) is 0 Å². The van der Waals surface area contributed by atoms with Crippen LogP contribution in [0.1, 0.15) is 59.7 Å². The minimum Gasteiger partial charge on any atom is -0.465 e. The van der Waals surface area contributed by atoms with Crippen molar-refractivity contribution < 1.29 is 14.6 Å². The summed E-state index contributed by atoms with van der Waals surface area (Å²) in [6.45, 7) is 0.741. The molecule has 1 atom stereocenters. The minimum atomic E-state index is -0.591. The number of carbonyl (C=O) groups excluding carboxylic acids is 1. The van der Waals surface area contributed by atoms with E-state index in [4.69, 9.17) is 4.74 Å². The van der Waals surface area contributed by atoms with Crippen LogP contribution < -0.4 is 5.32 Å². The number of benzene rings is 3. The van der Waals surface area contributed by atoms with E-state index in [0.29, 0.717) is 18.0 Å². The van der Waals surface area contributed by atoms with Crippen molar-refractivity contribution in [3.8, 4) is 0 Å². The number of rotatable bonds is 8. The Bertz CT molecular complexity index is 1080. The maximum atomic E-state index is 11.7. The fraction of sp³-hybridized carbons (Fsp3) is 0.321. The zero-order chi connectivity index (χ0) is 22.3. The van der Waals surface area contributed by atoms with Gasteiger partial charge >= 0.3 is 5.97 Å². The third-order valence-corrected chi connectivity index (χ3v) is 6.31. The largest absolute Gasteiger partial charge is 0.465 e. The Morgan fingerprint density at radius 2 is 1.78 bits per heavy atom. The molecule has 0 radical (unpaired) electrons. The predicted molar refractivity (Wildman–Crippen MR) is 130 cm³/mol. The second-order valence-electron chi connectivity index (χ2n) is 8.57. The molecule has 4 heteroatoms. The van der Waals surface area contributed by atoms with E-state index in [0.717, 1.165) is 34.0 Å². The highest BCUT2D eigenvalue weighted by Crippen LogP contribution is 2.29. The third-order valence-electron chi connectivity index (χ3n) is 6.31. The summed E-state index contributed by atoms with van der Waals surface area (Å²) in [5.74, 6) is -0.338. The first kappa shape index (κ1) is 22.3. The summed E-state index contributed by atoms with van der Waals surface area (Å²) >= 11 is 0. The van der Waals surface area contributed by atoms with Gasteiger partial charge in [-0.05, 0) is 46.9 Å². The molecule has 1 unspecified atom stereocenters. The molecule has 0 aromatic heterocycles. The van der Waals surface area contributed by atoms with Gasteiger partial charge < -0.3 is 15.2 Å². The molecule has 0 amide bonds. The molecule has 0 heterocycles. The van der Waals surface area contributed by atoms with Crippen LogP contribution in [0.5, 0.6) is 0 Å². The summed E-state index contributed by atoms with van der Waals surface area (Å²) in [6.07, 6.45) is 7.07. The molecule has 32 heavy (non-hydrogen) atoms. The van der Waals surface area contributed by atoms with Gasteiger partial charge in [-0.15, -0.1) is 0 Å². The van der Waals surface area contributed by atoms with Gasteiger partial charge in [0.05, 0.1) is 18.8 Å². The van der Waals surface area contributed by atoms with Gasteiger partial charge in [-0.3, -0.25) is 0 Å². The Hall–Kier alpha value is -2.95. The predicted octanol–water partition coefficient (Wildman–Crippen LogP) is 5.67. The lowest BCUT2D eigenvalue weighted by Crippen LogP contribution is -2.28. The zero-order valence-electron chi connectivity index (χ0n) is 18.6. The fourth-order valence-corrected chi connectivity index (χ4v) is 4.56. The van der Waals surface area contributed by atoms with Crippen LogP contribution in [0.2, 0.25) is 0 Å². The monoisotopic (exact) mass is 429 g/mol. The van der Waals surface area contributed by atoms with Crippen LogP contribution in [0.4, 0.5) is 0 Å². The highest BCUT2D eigenvalue weighted by atomic mass is 16.5. The third kappa shape index (κ3) is 5.45. The van der Waals surface area contributed by atoms with Gasteiger partial charge in [0.1, 0.15) is 0 Å². The molecule has 1 fully saturated rings. The maximum absolute atomic E-state index is 11.7. The van der Waals surface area contributed by atoms with Crippen molar-refractivity contribution >= 4 is 22.8 Å². The van der Waals surface area contributed by atoms with Crippen molar-refractivity contribution in [2.45, 2.75) is 44.2 Å². The first-order valence-electron chi connectivity index (χ1n) is 11.4. The van der Waals surface area contributed by atoms with Crippen LogP contribution in [0.15, 0.2) is 72.3 Å². The van der Waals surface area contributed by atoms with Crippen LogP contribution in [-0.2, 0) is 4.74 Å². The molecular formula is C28H31NO3. The molecule has 4 rings (SSSR count). The topological polar surface area (TPSA) is 58.6 Å². The quantitative estimate of drug-likeness (QED) is 0.453. The van der Waals surface area contributed by atoms with E-state index in [9.17, 15) is 9.90 Å². The van der Waals surface area contributed by atoms with Crippen LogP contribution in [-0.4, -0.2) is 30.8 Å². The summed E-state index contributed by atoms with van der Waals surface area (Å²) in [5.41, 5.74) is 3.64. The number of hydrogen-bond acceptors (Lipinski definition) is 4. The molecule has 4 nitrogen and oxygen atoms in total. The summed E-state index contributed by atoms with van der Waals surface area (Å²) in [7, 11) is 1.39. The summed E-state index contributed by atoms with van der Waals surface area (Å²) in [4.78, 5) is 11.7. The first-order chi connectivity index (χ1) is 15.6. The zero-order valence-corrected chi connectivity index (χ0v) is 18.6. The number of carbonyl (C=O) groups is 1. The van der Waals surface area contributed by atoms with E-state index in [2.05, 4.69) is 29.6 Å². The van der Waals surface area contributed by atoms with Gasteiger partial charge in [-0.25, -0.2) is 4.79 Å². The molecule has 1 aliphatic carbocycles. The highest BCUT2D eigenvalue weighted by molar-refractivity contribution is 5.89. The SMILES string of the molecule is COC(=O)c1ccc(C=C(CNC2CCCC2)CC(O)c2cccc3ccccc23)cc1. The average molecular weight is 430 g/mol. The summed E-state index contributed by atoms with van der Waals surface area (Å²) in [6, 6.07) is 22.2. The van der Waals surface area contributed by atoms with Crippen LogP contribution in [0.25, 0.3) is 16.8 Å². The Labute approximate surface area is 189 Å². The van der Waals surface area contributed by atoms with E-state index < -0.39 is 6.10 Å². The fourth-order valence-electron chi connectivity index (χ4n) is 4.56. The highest BCUT2D eigenvalue weighted by Gasteiger charge is 2.17. The minimum absolute atomic E-state index is 0.338. The Balaban J connectivity index is 1.56. The van der Waals surface area contributed by atoms with Crippen molar-refractivity contribution in [1.29, 1.82) is 0 Å². The molecule has 1 saturated carbocycles. The van der Waals surface area contributed by atoms with Crippen molar-refractivity contribution in [2.24, 2.45) is 0 Å². The van der Waals surface area contributed by atoms with Gasteiger partial charge in [0.2, 0.25) is 0 Å². The second-order valence-corrected chi connectivity index (χ2v) is 8.57. The van der Waals surface area contributed by atoms with Crippen molar-refractivity contribution in [1.82, 2.24) is 5.32 Å². The van der Waals surface area contributed by atoms with Crippen LogP contribution >= 0.6 is 0 Å². The van der Waals surface area contributed by atoms with E-state index in [1.807, 2.05) is 36.4 Å².